The average Bonchev–Trinajstić information content (AvgIpc) is 2.23. The predicted octanol–water partition coefficient (Wildman–Crippen LogP) is 0.651. The maximum absolute atomic E-state index is 11.2. The molecule has 0 aliphatic heterocycles. The van der Waals surface area contributed by atoms with Crippen LogP contribution < -0.4 is 5.32 Å². The van der Waals surface area contributed by atoms with Crippen molar-refractivity contribution in [3.63, 3.8) is 0 Å². The molecule has 0 bridgehead atoms. The highest BCUT2D eigenvalue weighted by molar-refractivity contribution is 7.99. The normalized spacial score (nSPS) is 13.5. The third-order valence-corrected chi connectivity index (χ3v) is 3.24. The summed E-state index contributed by atoms with van der Waals surface area (Å²) in [5, 5.41) is 11.2. The third kappa shape index (κ3) is 7.94. The number of carboxylic acid groups (broad SMARTS) is 1. The van der Waals surface area contributed by atoms with E-state index in [1.807, 2.05) is 6.92 Å². The lowest BCUT2D eigenvalue weighted by Gasteiger charge is -2.15. The molecule has 2 atom stereocenters. The van der Waals surface area contributed by atoms with Crippen molar-refractivity contribution < 1.29 is 24.2 Å². The summed E-state index contributed by atoms with van der Waals surface area (Å²) in [7, 11) is 0. The van der Waals surface area contributed by atoms with E-state index in [0.717, 1.165) is 0 Å². The summed E-state index contributed by atoms with van der Waals surface area (Å²) in [5.74, 6) is -1.55. The number of carbonyl (C=O) groups is 3. The summed E-state index contributed by atoms with van der Waals surface area (Å²) < 4.78 is 4.79. The van der Waals surface area contributed by atoms with Crippen LogP contribution in [0.4, 0.5) is 0 Å². The lowest BCUT2D eigenvalue weighted by Crippen LogP contribution is -2.41. The van der Waals surface area contributed by atoms with Gasteiger partial charge < -0.3 is 15.2 Å². The Hall–Kier alpha value is -1.24. The first-order valence-corrected chi connectivity index (χ1v) is 6.68. The van der Waals surface area contributed by atoms with Gasteiger partial charge in [0.1, 0.15) is 6.04 Å². The van der Waals surface area contributed by atoms with Crippen LogP contribution in [0, 0.1) is 0 Å². The Kier molecular flexibility index (Phi) is 8.19. The molecule has 18 heavy (non-hydrogen) atoms. The van der Waals surface area contributed by atoms with Crippen molar-refractivity contribution in [2.45, 2.75) is 38.5 Å². The Labute approximate surface area is 110 Å². The molecule has 2 N–H and O–H groups in total. The number of hydrogen-bond donors (Lipinski definition) is 2. The van der Waals surface area contributed by atoms with Crippen molar-refractivity contribution in [2.24, 2.45) is 0 Å². The van der Waals surface area contributed by atoms with Crippen molar-refractivity contribution in [1.82, 2.24) is 5.32 Å². The molecule has 1 amide bonds. The molecular formula is C11H19NO5S. The Bertz CT molecular complexity index is 308. The van der Waals surface area contributed by atoms with E-state index in [0.29, 0.717) is 6.61 Å². The van der Waals surface area contributed by atoms with Gasteiger partial charge in [-0.3, -0.25) is 9.59 Å². The Morgan fingerprint density at radius 1 is 1.39 bits per heavy atom. The Balaban J connectivity index is 4.06. The summed E-state index contributed by atoms with van der Waals surface area (Å²) in [6.45, 7) is 5.14. The molecule has 104 valence electrons. The van der Waals surface area contributed by atoms with Crippen LogP contribution in [0.15, 0.2) is 0 Å². The first-order valence-electron chi connectivity index (χ1n) is 5.64. The molecule has 0 saturated heterocycles. The van der Waals surface area contributed by atoms with E-state index in [4.69, 9.17) is 9.84 Å². The topological polar surface area (TPSA) is 92.7 Å². The maximum Gasteiger partial charge on any atom is 0.327 e. The molecule has 0 saturated carbocycles. The minimum atomic E-state index is -1.08. The molecule has 0 unspecified atom stereocenters. The van der Waals surface area contributed by atoms with Crippen LogP contribution in [0.2, 0.25) is 0 Å². The first-order chi connectivity index (χ1) is 8.36. The van der Waals surface area contributed by atoms with Gasteiger partial charge in [0.2, 0.25) is 5.91 Å². The summed E-state index contributed by atoms with van der Waals surface area (Å²) in [6, 6.07) is -0.933. The molecule has 6 nitrogen and oxygen atoms in total. The van der Waals surface area contributed by atoms with Crippen molar-refractivity contribution in [1.29, 1.82) is 0 Å². The van der Waals surface area contributed by atoms with E-state index >= 15 is 0 Å². The van der Waals surface area contributed by atoms with E-state index in [9.17, 15) is 14.4 Å². The monoisotopic (exact) mass is 277 g/mol. The zero-order chi connectivity index (χ0) is 14.1. The number of hydrogen-bond acceptors (Lipinski definition) is 5. The minimum absolute atomic E-state index is 0.0559. The summed E-state index contributed by atoms with van der Waals surface area (Å²) in [6.07, 6.45) is 0.227. The number of nitrogens with one attached hydrogen (secondary N) is 1. The first kappa shape index (κ1) is 16.8. The fraction of sp³-hybridized carbons (Fsp3) is 0.727. The van der Waals surface area contributed by atoms with Crippen LogP contribution in [0.25, 0.3) is 0 Å². The largest absolute Gasteiger partial charge is 0.480 e. The molecule has 0 fully saturated rings. The highest BCUT2D eigenvalue weighted by atomic mass is 32.2. The SMILES string of the molecule is CCOC(=O)C[C@H](C)SC[C@H](NC(C)=O)C(=O)O. The second-order valence-corrected chi connectivity index (χ2v) is 5.22. The van der Waals surface area contributed by atoms with Gasteiger partial charge in [-0.25, -0.2) is 4.79 Å². The van der Waals surface area contributed by atoms with E-state index in [1.165, 1.54) is 18.7 Å². The molecular weight excluding hydrogens is 258 g/mol. The molecule has 7 heteroatoms. The highest BCUT2D eigenvalue weighted by Crippen LogP contribution is 2.16. The Morgan fingerprint density at radius 3 is 2.44 bits per heavy atom. The number of ether oxygens (including phenoxy) is 1. The lowest BCUT2D eigenvalue weighted by atomic mass is 10.3. The second-order valence-electron chi connectivity index (χ2n) is 3.74. The summed E-state index contributed by atoms with van der Waals surface area (Å²) >= 11 is 1.31. The number of amides is 1. The van der Waals surface area contributed by atoms with Crippen LogP contribution >= 0.6 is 11.8 Å². The molecule has 0 rings (SSSR count). The van der Waals surface area contributed by atoms with Gasteiger partial charge in [-0.15, -0.1) is 0 Å². The predicted molar refractivity (Wildman–Crippen MR) is 68.4 cm³/mol. The van der Waals surface area contributed by atoms with Crippen LogP contribution in [0.1, 0.15) is 27.2 Å². The van der Waals surface area contributed by atoms with Gasteiger partial charge >= 0.3 is 11.9 Å². The molecule has 0 radical (unpaired) electrons. The number of aliphatic carboxylic acids is 1. The van der Waals surface area contributed by atoms with Gasteiger partial charge in [-0.05, 0) is 6.92 Å². The van der Waals surface area contributed by atoms with E-state index in [1.54, 1.807) is 6.92 Å². The molecule has 0 heterocycles. The van der Waals surface area contributed by atoms with Crippen molar-refractivity contribution in [3.8, 4) is 0 Å². The van der Waals surface area contributed by atoms with E-state index < -0.39 is 12.0 Å². The Morgan fingerprint density at radius 2 is 2.00 bits per heavy atom. The number of rotatable bonds is 8. The number of carboxylic acids is 1. The van der Waals surface area contributed by atoms with Gasteiger partial charge in [-0.1, -0.05) is 6.92 Å². The van der Waals surface area contributed by atoms with Crippen molar-refractivity contribution in [2.75, 3.05) is 12.4 Å². The zero-order valence-electron chi connectivity index (χ0n) is 10.8. The molecule has 0 aliphatic carbocycles. The molecule has 0 aromatic carbocycles. The minimum Gasteiger partial charge on any atom is -0.480 e. The third-order valence-electron chi connectivity index (χ3n) is 1.98. The molecule has 0 spiro atoms. The van der Waals surface area contributed by atoms with Crippen LogP contribution in [-0.2, 0) is 19.1 Å². The quantitative estimate of drug-likeness (QED) is 0.633. The fourth-order valence-corrected chi connectivity index (χ4v) is 2.19. The lowest BCUT2D eigenvalue weighted by molar-refractivity contribution is -0.143. The van der Waals surface area contributed by atoms with E-state index in [2.05, 4.69) is 5.32 Å². The van der Waals surface area contributed by atoms with Crippen molar-refractivity contribution >= 4 is 29.6 Å². The van der Waals surface area contributed by atoms with Gasteiger partial charge in [0.25, 0.3) is 0 Å². The average molecular weight is 277 g/mol. The number of carbonyl (C=O) groups excluding carboxylic acids is 2. The van der Waals surface area contributed by atoms with Gasteiger partial charge in [0, 0.05) is 17.9 Å². The summed E-state index contributed by atoms with van der Waals surface area (Å²) in [5.41, 5.74) is 0. The van der Waals surface area contributed by atoms with Gasteiger partial charge in [0.05, 0.1) is 13.0 Å². The fourth-order valence-electron chi connectivity index (χ4n) is 1.19. The second kappa shape index (κ2) is 8.79. The number of esters is 1. The van der Waals surface area contributed by atoms with Crippen LogP contribution in [0.3, 0.4) is 0 Å². The van der Waals surface area contributed by atoms with Crippen LogP contribution in [0.5, 0.6) is 0 Å². The molecule has 0 aromatic rings. The molecule has 0 aliphatic rings. The standard InChI is InChI=1S/C11H19NO5S/c1-4-17-10(14)5-7(2)18-6-9(11(15)16)12-8(3)13/h7,9H,4-6H2,1-3H3,(H,12,13)(H,15,16)/t7-,9-/m0/s1. The maximum atomic E-state index is 11.2. The smallest absolute Gasteiger partial charge is 0.327 e. The highest BCUT2D eigenvalue weighted by Gasteiger charge is 2.20. The number of thioether (sulfide) groups is 1. The van der Waals surface area contributed by atoms with E-state index in [-0.39, 0.29) is 29.3 Å². The summed E-state index contributed by atoms with van der Waals surface area (Å²) in [4.78, 5) is 32.8. The van der Waals surface area contributed by atoms with Crippen LogP contribution in [-0.4, -0.2) is 46.6 Å². The zero-order valence-corrected chi connectivity index (χ0v) is 11.6. The van der Waals surface area contributed by atoms with Crippen molar-refractivity contribution in [3.05, 3.63) is 0 Å². The van der Waals surface area contributed by atoms with Gasteiger partial charge in [-0.2, -0.15) is 11.8 Å². The molecule has 0 aromatic heterocycles. The van der Waals surface area contributed by atoms with Gasteiger partial charge in [0.15, 0.2) is 0 Å².